The van der Waals surface area contributed by atoms with Gasteiger partial charge in [0.15, 0.2) is 0 Å². The summed E-state index contributed by atoms with van der Waals surface area (Å²) in [4.78, 5) is 9.34. The summed E-state index contributed by atoms with van der Waals surface area (Å²) in [6.07, 6.45) is 5.71. The Morgan fingerprint density at radius 3 is 2.68 bits per heavy atom. The summed E-state index contributed by atoms with van der Waals surface area (Å²) in [5.41, 5.74) is 2.76. The van der Waals surface area contributed by atoms with E-state index >= 15 is 0 Å². The number of pyridine rings is 1. The van der Waals surface area contributed by atoms with E-state index in [1.165, 1.54) is 36.9 Å². The molecule has 22 heavy (non-hydrogen) atoms. The van der Waals surface area contributed by atoms with Gasteiger partial charge in [-0.1, -0.05) is 42.8 Å². The first-order valence-electron chi connectivity index (χ1n) is 8.16. The number of hydrogen-bond donors (Lipinski definition) is 0. The van der Waals surface area contributed by atoms with Crippen molar-refractivity contribution in [1.82, 2.24) is 9.88 Å². The number of benzene rings is 1. The van der Waals surface area contributed by atoms with Crippen molar-refractivity contribution in [3.8, 4) is 0 Å². The molecule has 1 aliphatic rings. The quantitative estimate of drug-likeness (QED) is 0.853. The fourth-order valence-corrected chi connectivity index (χ4v) is 3.39. The van der Waals surface area contributed by atoms with Crippen LogP contribution < -0.4 is 4.90 Å². The SMILES string of the molecule is CN(C)c1ncccc1[C@@H]1CCCCN1Cc1ccccc1. The van der Waals surface area contributed by atoms with Crippen LogP contribution in [0.1, 0.15) is 36.4 Å². The van der Waals surface area contributed by atoms with Crippen molar-refractivity contribution in [2.24, 2.45) is 0 Å². The van der Waals surface area contributed by atoms with Gasteiger partial charge in [-0.2, -0.15) is 0 Å². The van der Waals surface area contributed by atoms with Crippen molar-refractivity contribution in [1.29, 1.82) is 0 Å². The molecule has 0 radical (unpaired) electrons. The van der Waals surface area contributed by atoms with Crippen molar-refractivity contribution < 1.29 is 0 Å². The third kappa shape index (κ3) is 3.30. The molecule has 0 saturated carbocycles. The minimum Gasteiger partial charge on any atom is -0.362 e. The number of likely N-dealkylation sites (tertiary alicyclic amines) is 1. The summed E-state index contributed by atoms with van der Waals surface area (Å²) in [6, 6.07) is 15.6. The minimum atomic E-state index is 0.472. The Kier molecular flexibility index (Phi) is 4.74. The second-order valence-electron chi connectivity index (χ2n) is 6.28. The highest BCUT2D eigenvalue weighted by Crippen LogP contribution is 2.35. The van der Waals surface area contributed by atoms with Crippen molar-refractivity contribution in [2.75, 3.05) is 25.5 Å². The highest BCUT2D eigenvalue weighted by atomic mass is 15.2. The Balaban J connectivity index is 1.87. The number of anilines is 1. The molecule has 3 nitrogen and oxygen atoms in total. The van der Waals surface area contributed by atoms with Crippen LogP contribution in [0.5, 0.6) is 0 Å². The molecule has 3 heteroatoms. The summed E-state index contributed by atoms with van der Waals surface area (Å²) in [6.45, 7) is 2.19. The monoisotopic (exact) mass is 295 g/mol. The van der Waals surface area contributed by atoms with Crippen LogP contribution in [0.25, 0.3) is 0 Å². The van der Waals surface area contributed by atoms with Crippen LogP contribution in [0.3, 0.4) is 0 Å². The zero-order chi connectivity index (χ0) is 15.4. The molecule has 2 heterocycles. The van der Waals surface area contributed by atoms with Crippen molar-refractivity contribution in [3.05, 3.63) is 59.8 Å². The van der Waals surface area contributed by atoms with Gasteiger partial charge in [0.05, 0.1) is 0 Å². The highest BCUT2D eigenvalue weighted by molar-refractivity contribution is 5.47. The maximum Gasteiger partial charge on any atom is 0.132 e. The molecule has 116 valence electrons. The molecule has 0 amide bonds. The van der Waals surface area contributed by atoms with E-state index in [9.17, 15) is 0 Å². The van der Waals surface area contributed by atoms with Gasteiger partial charge in [0, 0.05) is 38.4 Å². The lowest BCUT2D eigenvalue weighted by Crippen LogP contribution is -2.34. The summed E-state index contributed by atoms with van der Waals surface area (Å²) < 4.78 is 0. The number of hydrogen-bond acceptors (Lipinski definition) is 3. The Morgan fingerprint density at radius 2 is 1.91 bits per heavy atom. The molecule has 0 spiro atoms. The molecule has 2 aromatic rings. The Labute approximate surface area is 133 Å². The fraction of sp³-hybridized carbons (Fsp3) is 0.421. The van der Waals surface area contributed by atoms with Crippen LogP contribution >= 0.6 is 0 Å². The summed E-state index contributed by atoms with van der Waals surface area (Å²) >= 11 is 0. The van der Waals surface area contributed by atoms with Crippen molar-refractivity contribution in [3.63, 3.8) is 0 Å². The van der Waals surface area contributed by atoms with Crippen LogP contribution in [0.15, 0.2) is 48.7 Å². The number of rotatable bonds is 4. The smallest absolute Gasteiger partial charge is 0.132 e. The molecule has 0 aliphatic carbocycles. The molecule has 0 N–H and O–H groups in total. The summed E-state index contributed by atoms with van der Waals surface area (Å²) in [7, 11) is 4.16. The van der Waals surface area contributed by atoms with Gasteiger partial charge in [0.1, 0.15) is 5.82 Å². The van der Waals surface area contributed by atoms with E-state index in [0.29, 0.717) is 6.04 Å². The second-order valence-corrected chi connectivity index (χ2v) is 6.28. The average Bonchev–Trinajstić information content (AvgIpc) is 2.56. The van der Waals surface area contributed by atoms with Gasteiger partial charge < -0.3 is 4.90 Å². The molecule has 1 fully saturated rings. The molecule has 3 rings (SSSR count). The third-order valence-corrected chi connectivity index (χ3v) is 4.44. The first-order chi connectivity index (χ1) is 10.8. The van der Waals surface area contributed by atoms with Gasteiger partial charge in [-0.05, 0) is 31.0 Å². The van der Waals surface area contributed by atoms with E-state index < -0.39 is 0 Å². The van der Waals surface area contributed by atoms with E-state index in [2.05, 4.69) is 71.3 Å². The van der Waals surface area contributed by atoms with Crippen molar-refractivity contribution >= 4 is 5.82 Å². The van der Waals surface area contributed by atoms with Gasteiger partial charge in [-0.15, -0.1) is 0 Å². The lowest BCUT2D eigenvalue weighted by Gasteiger charge is -2.37. The molecule has 1 aromatic carbocycles. The van der Waals surface area contributed by atoms with Crippen LogP contribution in [-0.4, -0.2) is 30.5 Å². The zero-order valence-corrected chi connectivity index (χ0v) is 13.6. The van der Waals surface area contributed by atoms with Gasteiger partial charge in [-0.3, -0.25) is 4.90 Å². The Morgan fingerprint density at radius 1 is 1.09 bits per heavy atom. The summed E-state index contributed by atoms with van der Waals surface area (Å²) in [5, 5.41) is 0. The zero-order valence-electron chi connectivity index (χ0n) is 13.6. The van der Waals surface area contributed by atoms with Crippen LogP contribution in [0.4, 0.5) is 5.82 Å². The molecule has 1 atom stereocenters. The topological polar surface area (TPSA) is 19.4 Å². The predicted molar refractivity (Wildman–Crippen MR) is 92.0 cm³/mol. The molecule has 1 saturated heterocycles. The normalized spacial score (nSPS) is 19.1. The van der Waals surface area contributed by atoms with Gasteiger partial charge in [-0.25, -0.2) is 4.98 Å². The Bertz CT molecular complexity index is 595. The van der Waals surface area contributed by atoms with Crippen LogP contribution in [0, 0.1) is 0 Å². The third-order valence-electron chi connectivity index (χ3n) is 4.44. The van der Waals surface area contributed by atoms with Crippen LogP contribution in [0.2, 0.25) is 0 Å². The molecular formula is C19H25N3. The molecule has 1 aliphatic heterocycles. The average molecular weight is 295 g/mol. The number of aromatic nitrogens is 1. The first-order valence-corrected chi connectivity index (χ1v) is 8.16. The lowest BCUT2D eigenvalue weighted by atomic mass is 9.94. The maximum absolute atomic E-state index is 4.59. The molecule has 0 bridgehead atoms. The molecular weight excluding hydrogens is 270 g/mol. The standard InChI is InChI=1S/C19H25N3/c1-21(2)19-17(11-8-13-20-19)18-12-6-7-14-22(18)15-16-9-4-3-5-10-16/h3-5,8-11,13,18H,6-7,12,14-15H2,1-2H3/t18-/m0/s1. The number of piperidine rings is 1. The molecule has 0 unspecified atom stereocenters. The number of nitrogens with zero attached hydrogens (tertiary/aromatic N) is 3. The van der Waals surface area contributed by atoms with Gasteiger partial charge in [0.25, 0.3) is 0 Å². The predicted octanol–water partition coefficient (Wildman–Crippen LogP) is 3.87. The Hall–Kier alpha value is -1.87. The van der Waals surface area contributed by atoms with E-state index in [4.69, 9.17) is 0 Å². The van der Waals surface area contributed by atoms with Gasteiger partial charge in [0.2, 0.25) is 0 Å². The highest BCUT2D eigenvalue weighted by Gasteiger charge is 2.26. The van der Waals surface area contributed by atoms with Crippen molar-refractivity contribution in [2.45, 2.75) is 31.8 Å². The van der Waals surface area contributed by atoms with E-state index in [1.807, 2.05) is 6.20 Å². The second kappa shape index (κ2) is 6.93. The summed E-state index contributed by atoms with van der Waals surface area (Å²) in [5.74, 6) is 1.10. The van der Waals surface area contributed by atoms with E-state index in [1.54, 1.807) is 0 Å². The van der Waals surface area contributed by atoms with Gasteiger partial charge >= 0.3 is 0 Å². The van der Waals surface area contributed by atoms with E-state index in [0.717, 1.165) is 12.4 Å². The lowest BCUT2D eigenvalue weighted by molar-refractivity contribution is 0.140. The molecule has 1 aromatic heterocycles. The van der Waals surface area contributed by atoms with Crippen LogP contribution in [-0.2, 0) is 6.54 Å². The fourth-order valence-electron chi connectivity index (χ4n) is 3.39. The minimum absolute atomic E-state index is 0.472. The largest absolute Gasteiger partial charge is 0.362 e. The first kappa shape index (κ1) is 15.0. The van der Waals surface area contributed by atoms with E-state index in [-0.39, 0.29) is 0 Å². The maximum atomic E-state index is 4.59.